The number of halogens is 1. The molecule has 3 nitrogen and oxygen atoms in total. The third-order valence-electron chi connectivity index (χ3n) is 4.54. The Labute approximate surface area is 135 Å². The lowest BCUT2D eigenvalue weighted by molar-refractivity contribution is -0.146. The molecule has 0 heterocycles. The van der Waals surface area contributed by atoms with Gasteiger partial charge >= 0.3 is 5.97 Å². The largest absolute Gasteiger partial charge is 0.480 e. The molecule has 1 aliphatic carbocycles. The lowest BCUT2D eigenvalue weighted by atomic mass is 9.85. The van der Waals surface area contributed by atoms with Crippen LogP contribution in [0, 0.1) is 0 Å². The molecule has 1 aromatic rings. The van der Waals surface area contributed by atoms with E-state index in [1.54, 1.807) is 0 Å². The number of carbonyl (C=O) groups is 1. The van der Waals surface area contributed by atoms with Crippen molar-refractivity contribution in [2.45, 2.75) is 63.5 Å². The number of benzene rings is 1. The maximum absolute atomic E-state index is 12.0. The first kappa shape index (κ1) is 16.5. The highest BCUT2D eigenvalue weighted by molar-refractivity contribution is 9.10. The van der Waals surface area contributed by atoms with Crippen molar-refractivity contribution < 1.29 is 9.90 Å². The summed E-state index contributed by atoms with van der Waals surface area (Å²) in [5, 5.41) is 13.4. The smallest absolute Gasteiger partial charge is 0.328 e. The molecule has 2 N–H and O–H groups in total. The van der Waals surface area contributed by atoms with Crippen LogP contribution in [0.5, 0.6) is 0 Å². The quantitative estimate of drug-likeness (QED) is 0.768. The van der Waals surface area contributed by atoms with Crippen molar-refractivity contribution in [3.05, 3.63) is 34.3 Å². The fraction of sp³-hybridized carbons (Fsp3) is 0.588. The number of rotatable bonds is 5. The van der Waals surface area contributed by atoms with Gasteiger partial charge in [0.2, 0.25) is 0 Å². The SMILES string of the molecule is CCC(NC1CCCCCC1)(C(=O)O)c1ccc(Br)cc1. The van der Waals surface area contributed by atoms with E-state index in [1.807, 2.05) is 31.2 Å². The maximum atomic E-state index is 12.0. The van der Waals surface area contributed by atoms with Crippen molar-refractivity contribution in [1.29, 1.82) is 0 Å². The van der Waals surface area contributed by atoms with Crippen LogP contribution in [0.4, 0.5) is 0 Å². The first-order valence-electron chi connectivity index (χ1n) is 7.85. The minimum atomic E-state index is -0.976. The van der Waals surface area contributed by atoms with Crippen molar-refractivity contribution in [1.82, 2.24) is 5.32 Å². The Morgan fingerprint density at radius 1 is 1.24 bits per heavy atom. The van der Waals surface area contributed by atoms with Crippen LogP contribution in [-0.2, 0) is 10.3 Å². The Kier molecular flexibility index (Phi) is 5.82. The lowest BCUT2D eigenvalue weighted by Crippen LogP contribution is -2.53. The molecule has 4 heteroatoms. The molecule has 0 spiro atoms. The number of hydrogen-bond donors (Lipinski definition) is 2. The molecule has 0 bridgehead atoms. The number of carboxylic acid groups (broad SMARTS) is 1. The van der Waals surface area contributed by atoms with Gasteiger partial charge in [0.15, 0.2) is 0 Å². The summed E-state index contributed by atoms with van der Waals surface area (Å²) in [5.41, 5.74) is -0.139. The predicted molar refractivity (Wildman–Crippen MR) is 88.4 cm³/mol. The van der Waals surface area contributed by atoms with Crippen LogP contribution in [0.25, 0.3) is 0 Å². The molecule has 1 unspecified atom stereocenters. The molecular weight excluding hydrogens is 330 g/mol. The molecule has 1 saturated carbocycles. The molecule has 1 aromatic carbocycles. The maximum Gasteiger partial charge on any atom is 0.328 e. The van der Waals surface area contributed by atoms with Crippen LogP contribution >= 0.6 is 15.9 Å². The summed E-state index contributed by atoms with van der Waals surface area (Å²) in [7, 11) is 0. The van der Waals surface area contributed by atoms with E-state index in [1.165, 1.54) is 25.7 Å². The fourth-order valence-electron chi connectivity index (χ4n) is 3.23. The molecule has 21 heavy (non-hydrogen) atoms. The molecule has 0 aromatic heterocycles. The first-order chi connectivity index (χ1) is 10.1. The van der Waals surface area contributed by atoms with Crippen molar-refractivity contribution in [2.24, 2.45) is 0 Å². The van der Waals surface area contributed by atoms with Gasteiger partial charge in [-0.15, -0.1) is 0 Å². The van der Waals surface area contributed by atoms with E-state index in [2.05, 4.69) is 21.2 Å². The summed E-state index contributed by atoms with van der Waals surface area (Å²) in [4.78, 5) is 12.0. The van der Waals surface area contributed by atoms with E-state index in [0.717, 1.165) is 22.9 Å². The van der Waals surface area contributed by atoms with Gasteiger partial charge in [-0.05, 0) is 37.0 Å². The fourth-order valence-corrected chi connectivity index (χ4v) is 3.50. The highest BCUT2D eigenvalue weighted by atomic mass is 79.9. The monoisotopic (exact) mass is 353 g/mol. The molecule has 2 rings (SSSR count). The van der Waals surface area contributed by atoms with Gasteiger partial charge in [0.1, 0.15) is 5.54 Å². The zero-order valence-corrected chi connectivity index (χ0v) is 14.2. The standard InChI is InChI=1S/C17H24BrNO2/c1-2-17(16(20)21,13-9-11-14(18)12-10-13)19-15-7-5-3-4-6-8-15/h9-12,15,19H,2-8H2,1H3,(H,20,21). The number of nitrogens with one attached hydrogen (secondary N) is 1. The minimum absolute atomic E-state index is 0.298. The first-order valence-corrected chi connectivity index (χ1v) is 8.65. The second-order valence-electron chi connectivity index (χ2n) is 5.90. The highest BCUT2D eigenvalue weighted by Crippen LogP contribution is 2.30. The molecule has 0 radical (unpaired) electrons. The molecule has 0 saturated heterocycles. The van der Waals surface area contributed by atoms with Gasteiger partial charge in [-0.2, -0.15) is 0 Å². The summed E-state index contributed by atoms with van der Waals surface area (Å²) >= 11 is 3.41. The average Bonchev–Trinajstić information content (AvgIpc) is 2.74. The van der Waals surface area contributed by atoms with Crippen molar-refractivity contribution in [3.63, 3.8) is 0 Å². The zero-order valence-electron chi connectivity index (χ0n) is 12.6. The van der Waals surface area contributed by atoms with Crippen LogP contribution in [0.3, 0.4) is 0 Å². The van der Waals surface area contributed by atoms with Crippen molar-refractivity contribution in [2.75, 3.05) is 0 Å². The van der Waals surface area contributed by atoms with Gasteiger partial charge in [0, 0.05) is 10.5 Å². The summed E-state index contributed by atoms with van der Waals surface area (Å²) < 4.78 is 0.969. The average molecular weight is 354 g/mol. The van der Waals surface area contributed by atoms with Gasteiger partial charge < -0.3 is 5.11 Å². The van der Waals surface area contributed by atoms with Crippen molar-refractivity contribution >= 4 is 21.9 Å². The Hall–Kier alpha value is -0.870. The number of aliphatic carboxylic acids is 1. The Morgan fingerprint density at radius 3 is 2.29 bits per heavy atom. The molecule has 1 fully saturated rings. The Morgan fingerprint density at radius 2 is 1.81 bits per heavy atom. The molecule has 0 aliphatic heterocycles. The summed E-state index contributed by atoms with van der Waals surface area (Å²) in [6.07, 6.45) is 7.61. The highest BCUT2D eigenvalue weighted by Gasteiger charge is 2.40. The minimum Gasteiger partial charge on any atom is -0.480 e. The number of carboxylic acids is 1. The second-order valence-corrected chi connectivity index (χ2v) is 6.82. The van der Waals surface area contributed by atoms with E-state index >= 15 is 0 Å². The van der Waals surface area contributed by atoms with Crippen LogP contribution in [0.2, 0.25) is 0 Å². The molecular formula is C17H24BrNO2. The van der Waals surface area contributed by atoms with Gasteiger partial charge in [-0.25, -0.2) is 4.79 Å². The molecule has 1 atom stereocenters. The summed E-state index contributed by atoms with van der Waals surface area (Å²) in [6, 6.07) is 7.94. The van der Waals surface area contributed by atoms with Crippen LogP contribution in [-0.4, -0.2) is 17.1 Å². The van der Waals surface area contributed by atoms with Gasteiger partial charge in [0.25, 0.3) is 0 Å². The lowest BCUT2D eigenvalue weighted by Gasteiger charge is -2.34. The Balaban J connectivity index is 2.27. The van der Waals surface area contributed by atoms with Gasteiger partial charge in [0.05, 0.1) is 0 Å². The van der Waals surface area contributed by atoms with Crippen LogP contribution < -0.4 is 5.32 Å². The topological polar surface area (TPSA) is 49.3 Å². The normalized spacial score (nSPS) is 19.7. The third kappa shape index (κ3) is 3.86. The van der Waals surface area contributed by atoms with Crippen molar-refractivity contribution in [3.8, 4) is 0 Å². The van der Waals surface area contributed by atoms with E-state index in [0.29, 0.717) is 12.5 Å². The van der Waals surface area contributed by atoms with Gasteiger partial charge in [-0.3, -0.25) is 5.32 Å². The van der Waals surface area contributed by atoms with E-state index in [9.17, 15) is 9.90 Å². The third-order valence-corrected chi connectivity index (χ3v) is 5.07. The predicted octanol–water partition coefficient (Wildman–Crippen LogP) is 4.45. The van der Waals surface area contributed by atoms with E-state index in [4.69, 9.17) is 0 Å². The van der Waals surface area contributed by atoms with E-state index in [-0.39, 0.29) is 0 Å². The molecule has 0 amide bonds. The number of hydrogen-bond acceptors (Lipinski definition) is 2. The van der Waals surface area contributed by atoms with Crippen LogP contribution in [0.1, 0.15) is 57.4 Å². The van der Waals surface area contributed by atoms with E-state index < -0.39 is 11.5 Å². The summed E-state index contributed by atoms with van der Waals surface area (Å²) in [6.45, 7) is 1.94. The Bertz CT molecular complexity index is 466. The van der Waals surface area contributed by atoms with Gasteiger partial charge in [-0.1, -0.05) is 60.7 Å². The second kappa shape index (κ2) is 7.41. The summed E-state index contributed by atoms with van der Waals surface area (Å²) in [5.74, 6) is -0.781. The molecule has 1 aliphatic rings. The zero-order chi connectivity index (χ0) is 15.3. The molecule has 116 valence electrons. The van der Waals surface area contributed by atoms with Crippen LogP contribution in [0.15, 0.2) is 28.7 Å².